The Labute approximate surface area is 60.0 Å². The largest absolute Gasteiger partial charge is 0.386 e. The van der Waals surface area contributed by atoms with Crippen LogP contribution in [0.15, 0.2) is 0 Å². The molecule has 0 unspecified atom stereocenters. The summed E-state index contributed by atoms with van der Waals surface area (Å²) < 4.78 is 0. The average molecular weight is 147 g/mol. The number of hydrogen-bond acceptors (Lipinski definition) is 3. The lowest BCUT2D eigenvalue weighted by molar-refractivity contribution is -0.530. The summed E-state index contributed by atoms with van der Waals surface area (Å²) >= 11 is 0. The minimum atomic E-state index is -0.833. The van der Waals surface area contributed by atoms with Crippen LogP contribution in [0.2, 0.25) is 0 Å². The smallest absolute Gasteiger partial charge is 0.235 e. The Morgan fingerprint density at radius 2 is 2.20 bits per heavy atom. The molecule has 0 aromatic carbocycles. The van der Waals surface area contributed by atoms with E-state index in [4.69, 9.17) is 5.11 Å². The molecule has 0 bridgehead atoms. The van der Waals surface area contributed by atoms with Crippen LogP contribution in [-0.4, -0.2) is 22.2 Å². The van der Waals surface area contributed by atoms with Crippen molar-refractivity contribution >= 4 is 0 Å². The predicted octanol–water partition coefficient (Wildman–Crippen LogP) is 0.813. The van der Waals surface area contributed by atoms with Crippen molar-refractivity contribution in [1.29, 1.82) is 0 Å². The highest BCUT2D eigenvalue weighted by Crippen LogP contribution is 2.03. The monoisotopic (exact) mass is 147 g/mol. The molecule has 0 spiro atoms. The highest BCUT2D eigenvalue weighted by atomic mass is 16.6. The summed E-state index contributed by atoms with van der Waals surface area (Å²) in [5, 5.41) is 19.1. The Hall–Kier alpha value is -0.640. The molecule has 0 aromatic heterocycles. The van der Waals surface area contributed by atoms with Crippen LogP contribution in [0.3, 0.4) is 0 Å². The second-order valence-corrected chi connectivity index (χ2v) is 2.38. The van der Waals surface area contributed by atoms with Gasteiger partial charge in [-0.3, -0.25) is 10.1 Å². The van der Waals surface area contributed by atoms with E-state index in [1.54, 1.807) is 0 Å². The second kappa shape index (κ2) is 4.22. The molecular formula is C6H13NO3. The molecule has 0 saturated heterocycles. The minimum Gasteiger partial charge on any atom is -0.386 e. The molecule has 0 aliphatic heterocycles. The molecule has 2 atom stereocenters. The summed E-state index contributed by atoms with van der Waals surface area (Å²) in [4.78, 5) is 9.60. The Morgan fingerprint density at radius 3 is 2.50 bits per heavy atom. The van der Waals surface area contributed by atoms with Crippen LogP contribution < -0.4 is 0 Å². The summed E-state index contributed by atoms with van der Waals surface area (Å²) in [7, 11) is 0. The van der Waals surface area contributed by atoms with E-state index >= 15 is 0 Å². The van der Waals surface area contributed by atoms with E-state index in [0.29, 0.717) is 6.42 Å². The Morgan fingerprint density at radius 1 is 1.70 bits per heavy atom. The number of aliphatic hydroxyl groups is 1. The quantitative estimate of drug-likeness (QED) is 0.472. The lowest BCUT2D eigenvalue weighted by atomic mass is 10.1. The highest BCUT2D eigenvalue weighted by Gasteiger charge is 2.22. The van der Waals surface area contributed by atoms with Gasteiger partial charge in [0, 0.05) is 11.8 Å². The van der Waals surface area contributed by atoms with Crippen LogP contribution in [0.1, 0.15) is 26.7 Å². The van der Waals surface area contributed by atoms with Crippen LogP contribution in [0.25, 0.3) is 0 Å². The molecule has 4 nitrogen and oxygen atoms in total. The van der Waals surface area contributed by atoms with Crippen molar-refractivity contribution in [2.45, 2.75) is 38.8 Å². The van der Waals surface area contributed by atoms with E-state index in [-0.39, 0.29) is 0 Å². The molecule has 0 fully saturated rings. The fraction of sp³-hybridized carbons (Fsp3) is 1.00. The number of nitro groups is 1. The molecule has 4 heteroatoms. The first-order valence-corrected chi connectivity index (χ1v) is 3.41. The van der Waals surface area contributed by atoms with Crippen molar-refractivity contribution in [2.24, 2.45) is 0 Å². The predicted molar refractivity (Wildman–Crippen MR) is 37.4 cm³/mol. The topological polar surface area (TPSA) is 63.4 Å². The van der Waals surface area contributed by atoms with Gasteiger partial charge in [0.1, 0.15) is 6.10 Å². The van der Waals surface area contributed by atoms with Crippen molar-refractivity contribution in [3.05, 3.63) is 10.1 Å². The molecule has 0 radical (unpaired) electrons. The van der Waals surface area contributed by atoms with Gasteiger partial charge in [0.15, 0.2) is 0 Å². The van der Waals surface area contributed by atoms with E-state index in [9.17, 15) is 10.1 Å². The van der Waals surface area contributed by atoms with Gasteiger partial charge in [0.2, 0.25) is 6.04 Å². The van der Waals surface area contributed by atoms with E-state index < -0.39 is 17.1 Å². The van der Waals surface area contributed by atoms with Crippen molar-refractivity contribution in [1.82, 2.24) is 0 Å². The van der Waals surface area contributed by atoms with Crippen molar-refractivity contribution in [3.8, 4) is 0 Å². The molecular weight excluding hydrogens is 134 g/mol. The standard InChI is InChI=1S/C6H13NO3/c1-3-4-6(8)5(2)7(9)10/h5-6,8H,3-4H2,1-2H3/t5-,6+/m0/s1. The van der Waals surface area contributed by atoms with Crippen molar-refractivity contribution in [2.75, 3.05) is 0 Å². The van der Waals surface area contributed by atoms with Crippen molar-refractivity contribution < 1.29 is 10.0 Å². The van der Waals surface area contributed by atoms with Crippen LogP contribution >= 0.6 is 0 Å². The molecule has 0 amide bonds. The Bertz CT molecular complexity index is 116. The lowest BCUT2D eigenvalue weighted by Crippen LogP contribution is -2.30. The molecule has 0 aliphatic carbocycles. The van der Waals surface area contributed by atoms with E-state index in [2.05, 4.69) is 0 Å². The minimum absolute atomic E-state index is 0.458. The first-order valence-electron chi connectivity index (χ1n) is 3.41. The van der Waals surface area contributed by atoms with Crippen LogP contribution in [0.5, 0.6) is 0 Å². The first kappa shape index (κ1) is 9.36. The summed E-state index contributed by atoms with van der Waals surface area (Å²) in [5.74, 6) is 0. The number of rotatable bonds is 4. The molecule has 1 N–H and O–H groups in total. The van der Waals surface area contributed by atoms with E-state index in [1.807, 2.05) is 6.92 Å². The van der Waals surface area contributed by atoms with Gasteiger partial charge in [-0.25, -0.2) is 0 Å². The molecule has 0 aliphatic rings. The number of nitrogens with zero attached hydrogens (tertiary/aromatic N) is 1. The summed E-state index contributed by atoms with van der Waals surface area (Å²) in [6.07, 6.45) is 0.488. The maximum Gasteiger partial charge on any atom is 0.235 e. The Kier molecular flexibility index (Phi) is 3.95. The van der Waals surface area contributed by atoms with Crippen LogP contribution in [-0.2, 0) is 0 Å². The second-order valence-electron chi connectivity index (χ2n) is 2.38. The van der Waals surface area contributed by atoms with E-state index in [0.717, 1.165) is 6.42 Å². The fourth-order valence-electron chi connectivity index (χ4n) is 0.677. The number of aliphatic hydroxyl groups excluding tert-OH is 1. The molecule has 0 heterocycles. The van der Waals surface area contributed by atoms with Gasteiger partial charge in [0.05, 0.1) is 0 Å². The van der Waals surface area contributed by atoms with Gasteiger partial charge in [-0.15, -0.1) is 0 Å². The van der Waals surface area contributed by atoms with Gasteiger partial charge in [-0.1, -0.05) is 13.3 Å². The molecule has 0 aromatic rings. The Balaban J connectivity index is 3.69. The SMILES string of the molecule is CCC[C@@H](O)[C@H](C)[N+](=O)[O-]. The first-order chi connectivity index (χ1) is 4.59. The van der Waals surface area contributed by atoms with Gasteiger partial charge < -0.3 is 5.11 Å². The molecule has 0 rings (SSSR count). The van der Waals surface area contributed by atoms with Gasteiger partial charge in [0.25, 0.3) is 0 Å². The van der Waals surface area contributed by atoms with Gasteiger partial charge >= 0.3 is 0 Å². The summed E-state index contributed by atoms with van der Waals surface area (Å²) in [5.41, 5.74) is 0. The normalized spacial score (nSPS) is 16.3. The zero-order chi connectivity index (χ0) is 8.15. The van der Waals surface area contributed by atoms with Gasteiger partial charge in [-0.05, 0) is 6.42 Å². The maximum absolute atomic E-state index is 10.1. The third-order valence-corrected chi connectivity index (χ3v) is 1.47. The molecule has 60 valence electrons. The zero-order valence-electron chi connectivity index (χ0n) is 6.28. The molecule has 10 heavy (non-hydrogen) atoms. The number of hydrogen-bond donors (Lipinski definition) is 1. The van der Waals surface area contributed by atoms with Crippen LogP contribution in [0, 0.1) is 10.1 Å². The summed E-state index contributed by atoms with van der Waals surface area (Å²) in [6.45, 7) is 3.30. The zero-order valence-corrected chi connectivity index (χ0v) is 6.28. The third-order valence-electron chi connectivity index (χ3n) is 1.47. The van der Waals surface area contributed by atoms with Crippen molar-refractivity contribution in [3.63, 3.8) is 0 Å². The summed E-state index contributed by atoms with van der Waals surface area (Å²) in [6, 6.07) is -0.833. The average Bonchev–Trinajstić information content (AvgIpc) is 1.87. The van der Waals surface area contributed by atoms with Gasteiger partial charge in [-0.2, -0.15) is 0 Å². The lowest BCUT2D eigenvalue weighted by Gasteiger charge is -2.09. The highest BCUT2D eigenvalue weighted by molar-refractivity contribution is 4.61. The molecule has 0 saturated carbocycles. The van der Waals surface area contributed by atoms with E-state index in [1.165, 1.54) is 6.92 Å². The fourth-order valence-corrected chi connectivity index (χ4v) is 0.677. The maximum atomic E-state index is 10.1. The third kappa shape index (κ3) is 2.77. The van der Waals surface area contributed by atoms with Crippen LogP contribution in [0.4, 0.5) is 0 Å².